The number of carbonyl (C=O) groups is 2. The van der Waals surface area contributed by atoms with Crippen LogP contribution in [-0.4, -0.2) is 40.7 Å². The van der Waals surface area contributed by atoms with Gasteiger partial charge in [-0.2, -0.15) is 0 Å². The minimum absolute atomic E-state index is 0.162. The second kappa shape index (κ2) is 6.31. The van der Waals surface area contributed by atoms with Gasteiger partial charge in [-0.15, -0.1) is 11.8 Å². The second-order valence-electron chi connectivity index (χ2n) is 5.09. The van der Waals surface area contributed by atoms with E-state index in [1.54, 1.807) is 0 Å². The number of rotatable bonds is 5. The van der Waals surface area contributed by atoms with Crippen molar-refractivity contribution in [2.45, 2.75) is 37.1 Å². The Bertz CT molecular complexity index is 530. The summed E-state index contributed by atoms with van der Waals surface area (Å²) in [5.74, 6) is -0.874. The van der Waals surface area contributed by atoms with Crippen LogP contribution in [0.25, 0.3) is 0 Å². The van der Waals surface area contributed by atoms with Crippen molar-refractivity contribution in [3.63, 3.8) is 0 Å². The molecular weight excluding hydrogens is 274 g/mol. The Morgan fingerprint density at radius 3 is 2.75 bits per heavy atom. The summed E-state index contributed by atoms with van der Waals surface area (Å²) in [4.78, 5) is 25.1. The molecule has 0 heterocycles. The van der Waals surface area contributed by atoms with Gasteiger partial charge >= 0.3 is 5.97 Å². The standard InChI is InChI=1S/C15H19NO3S/c1-10(15(18)19)16(2)14(17)9-20-13-7-6-11-4-3-5-12(11)8-13/h6-8,10H,3-5,9H2,1-2H3,(H,18,19). The van der Waals surface area contributed by atoms with Gasteiger partial charge in [-0.3, -0.25) is 4.79 Å². The van der Waals surface area contributed by atoms with Crippen LogP contribution in [0.3, 0.4) is 0 Å². The van der Waals surface area contributed by atoms with E-state index in [0.717, 1.165) is 17.7 Å². The van der Waals surface area contributed by atoms with E-state index in [-0.39, 0.29) is 11.7 Å². The van der Waals surface area contributed by atoms with Gasteiger partial charge in [0.1, 0.15) is 6.04 Å². The lowest BCUT2D eigenvalue weighted by molar-refractivity contribution is -0.147. The van der Waals surface area contributed by atoms with E-state index in [1.165, 1.54) is 48.2 Å². The van der Waals surface area contributed by atoms with Gasteiger partial charge in [0, 0.05) is 11.9 Å². The number of carbonyl (C=O) groups excluding carboxylic acids is 1. The molecule has 0 aliphatic heterocycles. The first kappa shape index (κ1) is 14.9. The van der Waals surface area contributed by atoms with Gasteiger partial charge in [-0.25, -0.2) is 4.79 Å². The van der Waals surface area contributed by atoms with Gasteiger partial charge in [-0.1, -0.05) is 6.07 Å². The lowest BCUT2D eigenvalue weighted by Gasteiger charge is -2.21. The summed E-state index contributed by atoms with van der Waals surface area (Å²) in [6, 6.07) is 5.55. The number of aliphatic carboxylic acids is 1. The molecule has 0 saturated carbocycles. The number of hydrogen-bond donors (Lipinski definition) is 1. The number of thioether (sulfide) groups is 1. The predicted octanol–water partition coefficient (Wildman–Crippen LogP) is 2.20. The van der Waals surface area contributed by atoms with Crippen LogP contribution in [0.2, 0.25) is 0 Å². The molecule has 0 saturated heterocycles. The highest BCUT2D eigenvalue weighted by molar-refractivity contribution is 8.00. The topological polar surface area (TPSA) is 57.6 Å². The monoisotopic (exact) mass is 293 g/mol. The minimum Gasteiger partial charge on any atom is -0.480 e. The molecule has 1 aromatic rings. The van der Waals surface area contributed by atoms with Crippen molar-refractivity contribution in [3.05, 3.63) is 29.3 Å². The molecular formula is C15H19NO3S. The van der Waals surface area contributed by atoms with Crippen molar-refractivity contribution in [2.75, 3.05) is 12.8 Å². The first-order chi connectivity index (χ1) is 9.49. The Morgan fingerprint density at radius 1 is 1.35 bits per heavy atom. The third kappa shape index (κ3) is 3.33. The number of aryl methyl sites for hydroxylation is 2. The number of nitrogens with zero attached hydrogens (tertiary/aromatic N) is 1. The van der Waals surface area contributed by atoms with Gasteiger partial charge < -0.3 is 10.0 Å². The molecule has 1 unspecified atom stereocenters. The van der Waals surface area contributed by atoms with Crippen molar-refractivity contribution in [1.29, 1.82) is 0 Å². The zero-order valence-electron chi connectivity index (χ0n) is 11.8. The Balaban J connectivity index is 1.92. The smallest absolute Gasteiger partial charge is 0.326 e. The van der Waals surface area contributed by atoms with Crippen molar-refractivity contribution in [3.8, 4) is 0 Å². The first-order valence-corrected chi connectivity index (χ1v) is 7.70. The number of benzene rings is 1. The molecule has 1 aromatic carbocycles. The normalized spacial score (nSPS) is 14.7. The maximum Gasteiger partial charge on any atom is 0.326 e. The fourth-order valence-corrected chi connectivity index (χ4v) is 3.15. The van der Waals surface area contributed by atoms with E-state index in [4.69, 9.17) is 5.11 Å². The van der Waals surface area contributed by atoms with Gasteiger partial charge in [0.2, 0.25) is 5.91 Å². The molecule has 5 heteroatoms. The fraction of sp³-hybridized carbons (Fsp3) is 0.467. The highest BCUT2D eigenvalue weighted by atomic mass is 32.2. The van der Waals surface area contributed by atoms with E-state index in [2.05, 4.69) is 12.1 Å². The van der Waals surface area contributed by atoms with E-state index in [1.807, 2.05) is 6.07 Å². The molecule has 1 atom stereocenters. The first-order valence-electron chi connectivity index (χ1n) is 6.72. The largest absolute Gasteiger partial charge is 0.480 e. The molecule has 4 nitrogen and oxygen atoms in total. The zero-order chi connectivity index (χ0) is 14.7. The Kier molecular flexibility index (Phi) is 4.70. The summed E-state index contributed by atoms with van der Waals surface area (Å²) >= 11 is 1.47. The quantitative estimate of drug-likeness (QED) is 0.846. The fourth-order valence-electron chi connectivity index (χ4n) is 2.27. The van der Waals surface area contributed by atoms with Crippen LogP contribution >= 0.6 is 11.8 Å². The molecule has 108 valence electrons. The maximum absolute atomic E-state index is 11.9. The van der Waals surface area contributed by atoms with E-state index in [0.29, 0.717) is 0 Å². The summed E-state index contributed by atoms with van der Waals surface area (Å²) < 4.78 is 0. The Morgan fingerprint density at radius 2 is 2.05 bits per heavy atom. The third-order valence-electron chi connectivity index (χ3n) is 3.76. The molecule has 0 fully saturated rings. The SMILES string of the molecule is CC(C(=O)O)N(C)C(=O)CSc1ccc2c(c1)CCC2. The number of amides is 1. The van der Waals surface area contributed by atoms with E-state index >= 15 is 0 Å². The van der Waals surface area contributed by atoms with Crippen LogP contribution in [0.15, 0.2) is 23.1 Å². The average Bonchev–Trinajstić information content (AvgIpc) is 2.90. The highest BCUT2D eigenvalue weighted by Crippen LogP contribution is 2.27. The van der Waals surface area contributed by atoms with Crippen LogP contribution in [-0.2, 0) is 22.4 Å². The van der Waals surface area contributed by atoms with Crippen LogP contribution in [0.5, 0.6) is 0 Å². The minimum atomic E-state index is -0.983. The van der Waals surface area contributed by atoms with Crippen LogP contribution in [0, 0.1) is 0 Å². The molecule has 0 aromatic heterocycles. The van der Waals surface area contributed by atoms with Crippen LogP contribution in [0.4, 0.5) is 0 Å². The van der Waals surface area contributed by atoms with Gasteiger partial charge in [0.05, 0.1) is 5.75 Å². The molecule has 1 aliphatic carbocycles. The Labute approximate surface area is 123 Å². The summed E-state index contributed by atoms with van der Waals surface area (Å²) in [7, 11) is 1.53. The number of likely N-dealkylation sites (N-methyl/N-ethyl adjacent to an activating group) is 1. The van der Waals surface area contributed by atoms with Crippen LogP contribution in [0.1, 0.15) is 24.5 Å². The molecule has 0 spiro atoms. The number of carboxylic acids is 1. The van der Waals surface area contributed by atoms with Gasteiger partial charge in [-0.05, 0) is 49.4 Å². The highest BCUT2D eigenvalue weighted by Gasteiger charge is 2.21. The van der Waals surface area contributed by atoms with Crippen molar-refractivity contribution >= 4 is 23.6 Å². The summed E-state index contributed by atoms with van der Waals surface area (Å²) in [6.45, 7) is 1.51. The molecule has 1 aliphatic rings. The molecule has 0 bridgehead atoms. The zero-order valence-corrected chi connectivity index (χ0v) is 12.6. The summed E-state index contributed by atoms with van der Waals surface area (Å²) in [5, 5.41) is 8.89. The average molecular weight is 293 g/mol. The number of fused-ring (bicyclic) bond motifs is 1. The van der Waals surface area contributed by atoms with Crippen molar-refractivity contribution < 1.29 is 14.7 Å². The van der Waals surface area contributed by atoms with E-state index < -0.39 is 12.0 Å². The van der Waals surface area contributed by atoms with Crippen LogP contribution < -0.4 is 0 Å². The second-order valence-corrected chi connectivity index (χ2v) is 6.14. The van der Waals surface area contributed by atoms with E-state index in [9.17, 15) is 9.59 Å². The molecule has 0 radical (unpaired) electrons. The maximum atomic E-state index is 11.9. The lowest BCUT2D eigenvalue weighted by atomic mass is 10.1. The van der Waals surface area contributed by atoms with Gasteiger partial charge in [0.25, 0.3) is 0 Å². The Hall–Kier alpha value is -1.49. The number of carboxylic acid groups (broad SMARTS) is 1. The molecule has 2 rings (SSSR count). The number of hydrogen-bond acceptors (Lipinski definition) is 3. The predicted molar refractivity (Wildman–Crippen MR) is 79.1 cm³/mol. The van der Waals surface area contributed by atoms with Gasteiger partial charge in [0.15, 0.2) is 0 Å². The summed E-state index contributed by atoms with van der Waals surface area (Å²) in [6.07, 6.45) is 3.48. The van der Waals surface area contributed by atoms with Crippen molar-refractivity contribution in [1.82, 2.24) is 4.90 Å². The lowest BCUT2D eigenvalue weighted by Crippen LogP contribution is -2.41. The third-order valence-corrected chi connectivity index (χ3v) is 4.74. The molecule has 1 N–H and O–H groups in total. The molecule has 1 amide bonds. The summed E-state index contributed by atoms with van der Waals surface area (Å²) in [5.41, 5.74) is 2.80. The van der Waals surface area contributed by atoms with Crippen molar-refractivity contribution in [2.24, 2.45) is 0 Å². The molecule has 20 heavy (non-hydrogen) atoms.